The van der Waals surface area contributed by atoms with E-state index in [0.717, 1.165) is 5.56 Å². The van der Waals surface area contributed by atoms with Crippen molar-refractivity contribution in [3.63, 3.8) is 0 Å². The zero-order valence-corrected chi connectivity index (χ0v) is 14.9. The summed E-state index contributed by atoms with van der Waals surface area (Å²) in [5.74, 6) is 0.0464. The SMILES string of the molecule is CCOCCOc1ccc(C(=O)NNC(=O)CCc2ccccc2)cc1. The zero-order chi connectivity index (χ0) is 18.6. The summed E-state index contributed by atoms with van der Waals surface area (Å²) >= 11 is 0. The summed E-state index contributed by atoms with van der Waals surface area (Å²) in [4.78, 5) is 23.9. The lowest BCUT2D eigenvalue weighted by molar-refractivity contribution is -0.121. The number of carbonyl (C=O) groups is 2. The van der Waals surface area contributed by atoms with E-state index < -0.39 is 0 Å². The number of aryl methyl sites for hydroxylation is 1. The molecule has 0 spiro atoms. The Kier molecular flexibility index (Phi) is 8.15. The minimum Gasteiger partial charge on any atom is -0.491 e. The molecule has 0 unspecified atom stereocenters. The lowest BCUT2D eigenvalue weighted by Crippen LogP contribution is -2.41. The van der Waals surface area contributed by atoms with Gasteiger partial charge in [0.25, 0.3) is 5.91 Å². The van der Waals surface area contributed by atoms with Crippen LogP contribution >= 0.6 is 0 Å². The Morgan fingerprint density at radius 1 is 0.923 bits per heavy atom. The number of hydrogen-bond donors (Lipinski definition) is 2. The van der Waals surface area contributed by atoms with Crippen LogP contribution in [-0.2, 0) is 16.0 Å². The fourth-order valence-corrected chi connectivity index (χ4v) is 2.23. The van der Waals surface area contributed by atoms with Crippen molar-refractivity contribution in [3.8, 4) is 5.75 Å². The largest absolute Gasteiger partial charge is 0.491 e. The molecule has 6 heteroatoms. The van der Waals surface area contributed by atoms with Crippen molar-refractivity contribution in [2.45, 2.75) is 19.8 Å². The third-order valence-electron chi connectivity index (χ3n) is 3.62. The highest BCUT2D eigenvalue weighted by Crippen LogP contribution is 2.12. The molecule has 0 saturated heterocycles. The molecule has 0 fully saturated rings. The number of benzene rings is 2. The van der Waals surface area contributed by atoms with E-state index in [9.17, 15) is 9.59 Å². The molecule has 138 valence electrons. The predicted octanol–water partition coefficient (Wildman–Crippen LogP) is 2.50. The molecule has 0 aliphatic heterocycles. The number of nitrogens with one attached hydrogen (secondary N) is 2. The van der Waals surface area contributed by atoms with Crippen molar-refractivity contribution in [1.29, 1.82) is 0 Å². The van der Waals surface area contributed by atoms with E-state index in [1.165, 1.54) is 0 Å². The third kappa shape index (κ3) is 6.94. The van der Waals surface area contributed by atoms with Gasteiger partial charge in [-0.2, -0.15) is 0 Å². The van der Waals surface area contributed by atoms with Gasteiger partial charge in [0.05, 0.1) is 6.61 Å². The summed E-state index contributed by atoms with van der Waals surface area (Å²) in [5.41, 5.74) is 6.36. The van der Waals surface area contributed by atoms with Crippen LogP contribution in [0.1, 0.15) is 29.3 Å². The van der Waals surface area contributed by atoms with Crippen molar-refractivity contribution >= 4 is 11.8 Å². The van der Waals surface area contributed by atoms with Gasteiger partial charge in [0, 0.05) is 18.6 Å². The second-order valence-corrected chi connectivity index (χ2v) is 5.56. The van der Waals surface area contributed by atoms with Gasteiger partial charge in [-0.3, -0.25) is 20.4 Å². The molecule has 0 bridgehead atoms. The van der Waals surface area contributed by atoms with Crippen LogP contribution in [0.4, 0.5) is 0 Å². The molecule has 0 aliphatic carbocycles. The number of hydrogen-bond acceptors (Lipinski definition) is 4. The van der Waals surface area contributed by atoms with Gasteiger partial charge in [-0.05, 0) is 43.2 Å². The second-order valence-electron chi connectivity index (χ2n) is 5.56. The maximum Gasteiger partial charge on any atom is 0.269 e. The Morgan fingerprint density at radius 3 is 2.35 bits per heavy atom. The molecule has 2 aromatic carbocycles. The summed E-state index contributed by atoms with van der Waals surface area (Å²) in [5, 5.41) is 0. The van der Waals surface area contributed by atoms with Crippen LogP contribution in [0.15, 0.2) is 54.6 Å². The highest BCUT2D eigenvalue weighted by atomic mass is 16.5. The maximum atomic E-state index is 12.0. The average molecular weight is 356 g/mol. The normalized spacial score (nSPS) is 10.2. The van der Waals surface area contributed by atoms with E-state index >= 15 is 0 Å². The smallest absolute Gasteiger partial charge is 0.269 e. The Balaban J connectivity index is 1.70. The second kappa shape index (κ2) is 10.9. The van der Waals surface area contributed by atoms with E-state index in [0.29, 0.717) is 44.0 Å². The predicted molar refractivity (Wildman–Crippen MR) is 98.8 cm³/mol. The molecule has 6 nitrogen and oxygen atoms in total. The molecular formula is C20H24N2O4. The summed E-state index contributed by atoms with van der Waals surface area (Å²) in [6.45, 7) is 3.55. The molecular weight excluding hydrogens is 332 g/mol. The first-order valence-corrected chi connectivity index (χ1v) is 8.62. The van der Waals surface area contributed by atoms with Crippen molar-refractivity contribution < 1.29 is 19.1 Å². The minimum absolute atomic E-state index is 0.238. The number of ether oxygens (including phenoxy) is 2. The quantitative estimate of drug-likeness (QED) is 0.535. The van der Waals surface area contributed by atoms with Crippen molar-refractivity contribution in [3.05, 3.63) is 65.7 Å². The molecule has 0 aromatic heterocycles. The van der Waals surface area contributed by atoms with Crippen LogP contribution in [0.25, 0.3) is 0 Å². The number of hydrazine groups is 1. The van der Waals surface area contributed by atoms with Gasteiger partial charge in [-0.1, -0.05) is 30.3 Å². The fraction of sp³-hybridized carbons (Fsp3) is 0.300. The van der Waals surface area contributed by atoms with Crippen LogP contribution in [0, 0.1) is 0 Å². The molecule has 0 aliphatic rings. The fourth-order valence-electron chi connectivity index (χ4n) is 2.23. The molecule has 2 amide bonds. The van der Waals surface area contributed by atoms with Crippen LogP contribution in [-0.4, -0.2) is 31.6 Å². The van der Waals surface area contributed by atoms with Crippen molar-refractivity contribution in [2.75, 3.05) is 19.8 Å². The first kappa shape index (κ1) is 19.5. The molecule has 0 atom stereocenters. The van der Waals surface area contributed by atoms with E-state index in [1.807, 2.05) is 37.3 Å². The van der Waals surface area contributed by atoms with Crippen LogP contribution in [0.5, 0.6) is 5.75 Å². The number of carbonyl (C=O) groups excluding carboxylic acids is 2. The van der Waals surface area contributed by atoms with Gasteiger partial charge in [-0.25, -0.2) is 0 Å². The highest BCUT2D eigenvalue weighted by Gasteiger charge is 2.08. The third-order valence-corrected chi connectivity index (χ3v) is 3.62. The van der Waals surface area contributed by atoms with E-state index in [4.69, 9.17) is 9.47 Å². The van der Waals surface area contributed by atoms with E-state index in [1.54, 1.807) is 24.3 Å². The molecule has 0 saturated carbocycles. The standard InChI is InChI=1S/C20H24N2O4/c1-2-25-14-15-26-18-11-9-17(10-12-18)20(24)22-21-19(23)13-8-16-6-4-3-5-7-16/h3-7,9-12H,2,8,13-15H2,1H3,(H,21,23)(H,22,24). The zero-order valence-electron chi connectivity index (χ0n) is 14.9. The van der Waals surface area contributed by atoms with Gasteiger partial charge in [-0.15, -0.1) is 0 Å². The Morgan fingerprint density at radius 2 is 1.65 bits per heavy atom. The number of amides is 2. The van der Waals surface area contributed by atoms with Crippen LogP contribution in [0.2, 0.25) is 0 Å². The Bertz CT molecular complexity index is 687. The lowest BCUT2D eigenvalue weighted by Gasteiger charge is -2.09. The summed E-state index contributed by atoms with van der Waals surface area (Å²) in [7, 11) is 0. The van der Waals surface area contributed by atoms with Gasteiger partial charge in [0.2, 0.25) is 5.91 Å². The summed E-state index contributed by atoms with van der Waals surface area (Å²) in [6, 6.07) is 16.4. The van der Waals surface area contributed by atoms with Gasteiger partial charge in [0.1, 0.15) is 12.4 Å². The van der Waals surface area contributed by atoms with E-state index in [-0.39, 0.29) is 11.8 Å². The Labute approximate surface area is 153 Å². The maximum absolute atomic E-state index is 12.0. The minimum atomic E-state index is -0.376. The van der Waals surface area contributed by atoms with Gasteiger partial charge < -0.3 is 9.47 Å². The van der Waals surface area contributed by atoms with Crippen molar-refractivity contribution in [2.24, 2.45) is 0 Å². The highest BCUT2D eigenvalue weighted by molar-refractivity contribution is 5.95. The molecule has 0 radical (unpaired) electrons. The average Bonchev–Trinajstić information content (AvgIpc) is 2.69. The monoisotopic (exact) mass is 356 g/mol. The summed E-state index contributed by atoms with van der Waals surface area (Å²) in [6.07, 6.45) is 0.924. The summed E-state index contributed by atoms with van der Waals surface area (Å²) < 4.78 is 10.7. The molecule has 26 heavy (non-hydrogen) atoms. The molecule has 0 heterocycles. The molecule has 2 N–H and O–H groups in total. The first-order chi connectivity index (χ1) is 12.7. The van der Waals surface area contributed by atoms with Crippen LogP contribution in [0.3, 0.4) is 0 Å². The Hall–Kier alpha value is -2.86. The van der Waals surface area contributed by atoms with Gasteiger partial charge in [0.15, 0.2) is 0 Å². The molecule has 2 aromatic rings. The lowest BCUT2D eigenvalue weighted by atomic mass is 10.1. The topological polar surface area (TPSA) is 76.7 Å². The van der Waals surface area contributed by atoms with Crippen LogP contribution < -0.4 is 15.6 Å². The van der Waals surface area contributed by atoms with Crippen molar-refractivity contribution in [1.82, 2.24) is 10.9 Å². The number of rotatable bonds is 9. The molecule has 2 rings (SSSR count). The first-order valence-electron chi connectivity index (χ1n) is 8.62. The van der Waals surface area contributed by atoms with E-state index in [2.05, 4.69) is 10.9 Å². The van der Waals surface area contributed by atoms with Gasteiger partial charge >= 0.3 is 0 Å².